The van der Waals surface area contributed by atoms with Crippen molar-refractivity contribution in [3.63, 3.8) is 0 Å². The second-order valence-electron chi connectivity index (χ2n) is 11.5. The number of rotatable bonds is 7. The van der Waals surface area contributed by atoms with Gasteiger partial charge >= 0.3 is 12.1 Å². The zero-order chi connectivity index (χ0) is 27.9. The van der Waals surface area contributed by atoms with Gasteiger partial charge in [0.1, 0.15) is 12.4 Å². The van der Waals surface area contributed by atoms with E-state index in [1.807, 2.05) is 44.4 Å². The minimum Gasteiger partial charge on any atom is -0.445 e. The molecule has 10 heteroatoms. The maximum Gasteiger partial charge on any atom is 0.410 e. The van der Waals surface area contributed by atoms with Gasteiger partial charge in [0, 0.05) is 50.9 Å². The summed E-state index contributed by atoms with van der Waals surface area (Å²) >= 11 is 0. The number of likely N-dealkylation sites (tertiary alicyclic amines) is 1. The van der Waals surface area contributed by atoms with E-state index in [1.165, 1.54) is 24.1 Å². The first-order valence-electron chi connectivity index (χ1n) is 14.8. The number of ether oxygens (including phenoxy) is 1. The van der Waals surface area contributed by atoms with Crippen LogP contribution in [0.4, 0.5) is 21.4 Å². The van der Waals surface area contributed by atoms with Gasteiger partial charge in [0.15, 0.2) is 0 Å². The van der Waals surface area contributed by atoms with Crippen molar-refractivity contribution in [2.24, 2.45) is 0 Å². The molecule has 1 aliphatic heterocycles. The van der Waals surface area contributed by atoms with Crippen LogP contribution in [0.5, 0.6) is 0 Å². The number of nitrogens with zero attached hydrogens (tertiary/aromatic N) is 4. The van der Waals surface area contributed by atoms with E-state index in [9.17, 15) is 9.59 Å². The Balaban J connectivity index is 1.01. The standard InChI is InChI=1S/C30H43N7O3/c1-36(2)27-25-10-6-7-11-26(25)34-28(35-27)31-22-12-14-23(15-13-22)32-29(38)33-24-16-18-37(19-17-24)30(39)40-20-21-8-4-3-5-9-21/h3-5,8-9,22-24H,6-7,10-20H2,1-2H3,(H,31,34,35)(H2,32,33,38). The fraction of sp³-hybridized carbons (Fsp3) is 0.600. The summed E-state index contributed by atoms with van der Waals surface area (Å²) in [6, 6.07) is 10.1. The lowest BCUT2D eigenvalue weighted by molar-refractivity contribution is 0.0858. The van der Waals surface area contributed by atoms with Crippen LogP contribution in [0.1, 0.15) is 68.2 Å². The first-order chi connectivity index (χ1) is 19.4. The van der Waals surface area contributed by atoms with Gasteiger partial charge in [-0.15, -0.1) is 0 Å². The molecule has 2 aromatic rings. The highest BCUT2D eigenvalue weighted by atomic mass is 16.6. The second-order valence-corrected chi connectivity index (χ2v) is 11.5. The van der Waals surface area contributed by atoms with Crippen LogP contribution in [0.2, 0.25) is 0 Å². The van der Waals surface area contributed by atoms with Crippen LogP contribution in [0.25, 0.3) is 0 Å². The summed E-state index contributed by atoms with van der Waals surface area (Å²) < 4.78 is 5.44. The van der Waals surface area contributed by atoms with Crippen molar-refractivity contribution >= 4 is 23.9 Å². The smallest absolute Gasteiger partial charge is 0.410 e. The number of benzene rings is 1. The molecule has 0 radical (unpaired) electrons. The number of hydrogen-bond donors (Lipinski definition) is 3. The number of carbonyl (C=O) groups is 2. The highest BCUT2D eigenvalue weighted by Crippen LogP contribution is 2.29. The molecule has 2 fully saturated rings. The molecule has 5 rings (SSSR count). The van der Waals surface area contributed by atoms with Crippen LogP contribution in [-0.4, -0.2) is 72.3 Å². The van der Waals surface area contributed by atoms with Crippen molar-refractivity contribution < 1.29 is 14.3 Å². The van der Waals surface area contributed by atoms with E-state index in [0.717, 1.165) is 68.7 Å². The normalized spacial score (nSPS) is 21.2. The van der Waals surface area contributed by atoms with Crippen LogP contribution >= 0.6 is 0 Å². The number of carbonyl (C=O) groups excluding carboxylic acids is 2. The first-order valence-corrected chi connectivity index (χ1v) is 14.8. The number of fused-ring (bicyclic) bond motifs is 1. The predicted molar refractivity (Wildman–Crippen MR) is 156 cm³/mol. The Labute approximate surface area is 237 Å². The predicted octanol–water partition coefficient (Wildman–Crippen LogP) is 4.24. The lowest BCUT2D eigenvalue weighted by Gasteiger charge is -2.33. The van der Waals surface area contributed by atoms with Gasteiger partial charge in [-0.05, 0) is 69.8 Å². The minimum atomic E-state index is -0.296. The molecular weight excluding hydrogens is 506 g/mol. The largest absolute Gasteiger partial charge is 0.445 e. The fourth-order valence-corrected chi connectivity index (χ4v) is 6.00. The van der Waals surface area contributed by atoms with Crippen LogP contribution in [0.3, 0.4) is 0 Å². The molecule has 2 heterocycles. The fourth-order valence-electron chi connectivity index (χ4n) is 6.00. The molecule has 3 amide bonds. The Kier molecular flexibility index (Phi) is 9.23. The highest BCUT2D eigenvalue weighted by Gasteiger charge is 2.27. The third-order valence-corrected chi connectivity index (χ3v) is 8.27. The molecular formula is C30H43N7O3. The summed E-state index contributed by atoms with van der Waals surface area (Å²) in [6.07, 6.45) is 9.39. The molecule has 0 atom stereocenters. The number of aryl methyl sites for hydroxylation is 1. The molecule has 216 valence electrons. The van der Waals surface area contributed by atoms with E-state index >= 15 is 0 Å². The van der Waals surface area contributed by atoms with Gasteiger partial charge in [0.25, 0.3) is 0 Å². The average molecular weight is 550 g/mol. The first kappa shape index (κ1) is 28.0. The summed E-state index contributed by atoms with van der Waals surface area (Å²) in [5.41, 5.74) is 3.46. The van der Waals surface area contributed by atoms with Crippen molar-refractivity contribution in [3.05, 3.63) is 47.2 Å². The molecule has 1 aromatic heterocycles. The Bertz CT molecular complexity index is 1140. The minimum absolute atomic E-state index is 0.0585. The van der Waals surface area contributed by atoms with Gasteiger partial charge in [0.2, 0.25) is 5.95 Å². The van der Waals surface area contributed by atoms with Gasteiger partial charge in [-0.25, -0.2) is 14.6 Å². The maximum atomic E-state index is 12.7. The zero-order valence-electron chi connectivity index (χ0n) is 23.8. The SMILES string of the molecule is CN(C)c1nc(NC2CCC(NC(=O)NC3CCN(C(=O)OCc4ccccc4)CC3)CC2)nc2c1CCCC2. The Morgan fingerprint density at radius 3 is 2.25 bits per heavy atom. The van der Waals surface area contributed by atoms with Crippen LogP contribution in [0, 0.1) is 0 Å². The molecule has 1 saturated carbocycles. The van der Waals surface area contributed by atoms with Crippen molar-refractivity contribution in [1.29, 1.82) is 0 Å². The molecule has 3 N–H and O–H groups in total. The molecule has 1 saturated heterocycles. The van der Waals surface area contributed by atoms with Gasteiger partial charge < -0.3 is 30.5 Å². The molecule has 40 heavy (non-hydrogen) atoms. The van der Waals surface area contributed by atoms with E-state index in [1.54, 1.807) is 4.90 Å². The number of anilines is 2. The van der Waals surface area contributed by atoms with Gasteiger partial charge in [0.05, 0.1) is 5.69 Å². The number of hydrogen-bond acceptors (Lipinski definition) is 7. The molecule has 2 aliphatic carbocycles. The summed E-state index contributed by atoms with van der Waals surface area (Å²) in [6.45, 7) is 1.43. The Morgan fingerprint density at radius 1 is 0.900 bits per heavy atom. The molecule has 0 unspecified atom stereocenters. The molecule has 1 aromatic carbocycles. The van der Waals surface area contributed by atoms with E-state index in [0.29, 0.717) is 19.1 Å². The molecule has 0 spiro atoms. The summed E-state index contributed by atoms with van der Waals surface area (Å²) in [7, 11) is 4.10. The zero-order valence-corrected chi connectivity index (χ0v) is 23.8. The van der Waals surface area contributed by atoms with Gasteiger partial charge in [-0.3, -0.25) is 0 Å². The Hall–Kier alpha value is -3.56. The van der Waals surface area contributed by atoms with Gasteiger partial charge in [-0.1, -0.05) is 30.3 Å². The van der Waals surface area contributed by atoms with Gasteiger partial charge in [-0.2, -0.15) is 4.98 Å². The monoisotopic (exact) mass is 549 g/mol. The van der Waals surface area contributed by atoms with Crippen LogP contribution in [0.15, 0.2) is 30.3 Å². The average Bonchev–Trinajstić information content (AvgIpc) is 2.97. The number of piperidine rings is 1. The Morgan fingerprint density at radius 2 is 1.55 bits per heavy atom. The quantitative estimate of drug-likeness (QED) is 0.474. The summed E-state index contributed by atoms with van der Waals surface area (Å²) in [5, 5.41) is 9.86. The van der Waals surface area contributed by atoms with Crippen molar-refractivity contribution in [2.45, 2.75) is 88.9 Å². The second kappa shape index (κ2) is 13.2. The van der Waals surface area contributed by atoms with E-state index in [2.05, 4.69) is 20.9 Å². The summed E-state index contributed by atoms with van der Waals surface area (Å²) in [4.78, 5) is 38.6. The maximum absolute atomic E-state index is 12.7. The van der Waals surface area contributed by atoms with E-state index in [-0.39, 0.29) is 30.8 Å². The van der Waals surface area contributed by atoms with Crippen LogP contribution < -0.4 is 20.9 Å². The van der Waals surface area contributed by atoms with Crippen LogP contribution in [-0.2, 0) is 24.2 Å². The van der Waals surface area contributed by atoms with E-state index < -0.39 is 0 Å². The topological polar surface area (TPSA) is 112 Å². The van der Waals surface area contributed by atoms with E-state index in [4.69, 9.17) is 14.7 Å². The highest BCUT2D eigenvalue weighted by molar-refractivity contribution is 5.74. The number of nitrogens with one attached hydrogen (secondary N) is 3. The van der Waals surface area contributed by atoms with Crippen molar-refractivity contribution in [3.8, 4) is 0 Å². The summed E-state index contributed by atoms with van der Waals surface area (Å²) in [5.74, 6) is 1.77. The lowest BCUT2D eigenvalue weighted by Crippen LogP contribution is -2.51. The number of amides is 3. The molecule has 0 bridgehead atoms. The lowest BCUT2D eigenvalue weighted by atomic mass is 9.91. The molecule has 10 nitrogen and oxygen atoms in total. The third-order valence-electron chi connectivity index (χ3n) is 8.27. The van der Waals surface area contributed by atoms with Crippen molar-refractivity contribution in [1.82, 2.24) is 25.5 Å². The third kappa shape index (κ3) is 7.34. The van der Waals surface area contributed by atoms with Crippen molar-refractivity contribution in [2.75, 3.05) is 37.4 Å². The molecule has 3 aliphatic rings. The number of urea groups is 1. The number of aromatic nitrogens is 2.